The molecule has 2 aliphatic rings. The second-order valence-corrected chi connectivity index (χ2v) is 10.1. The number of aliphatic hydroxyl groups is 6. The summed E-state index contributed by atoms with van der Waals surface area (Å²) in [5.41, 5.74) is -0.952. The van der Waals surface area contributed by atoms with Gasteiger partial charge in [0, 0.05) is 17.7 Å². The molecule has 2 fully saturated rings. The van der Waals surface area contributed by atoms with Crippen molar-refractivity contribution in [3.8, 4) is 28.6 Å². The molecule has 0 bridgehead atoms. The highest BCUT2D eigenvalue weighted by Crippen LogP contribution is 2.45. The van der Waals surface area contributed by atoms with Crippen LogP contribution in [0.3, 0.4) is 0 Å². The van der Waals surface area contributed by atoms with Gasteiger partial charge in [0.05, 0.1) is 18.3 Å². The Morgan fingerprint density at radius 1 is 0.805 bits per heavy atom. The molecular formula is C27H30O14. The van der Waals surface area contributed by atoms with Gasteiger partial charge in [-0.15, -0.1) is 0 Å². The Kier molecular flexibility index (Phi) is 7.95. The molecule has 5 rings (SSSR count). The lowest BCUT2D eigenvalue weighted by molar-refractivity contribution is -0.308. The van der Waals surface area contributed by atoms with Crippen molar-refractivity contribution in [2.75, 3.05) is 6.61 Å². The van der Waals surface area contributed by atoms with Gasteiger partial charge in [0.15, 0.2) is 11.7 Å². The van der Waals surface area contributed by atoms with Crippen LogP contribution in [0.4, 0.5) is 0 Å². The van der Waals surface area contributed by atoms with E-state index in [1.165, 1.54) is 31.2 Å². The number of benzene rings is 2. The molecule has 0 saturated carbocycles. The van der Waals surface area contributed by atoms with Gasteiger partial charge in [0.1, 0.15) is 82.8 Å². The number of aromatic hydroxyl groups is 3. The summed E-state index contributed by atoms with van der Waals surface area (Å²) in [6.07, 6.45) is -15.6. The lowest BCUT2D eigenvalue weighted by Gasteiger charge is -2.43. The highest BCUT2D eigenvalue weighted by molar-refractivity contribution is 5.88. The maximum Gasteiger partial charge on any atom is 0.197 e. The molecule has 41 heavy (non-hydrogen) atoms. The van der Waals surface area contributed by atoms with Crippen LogP contribution in [-0.2, 0) is 14.2 Å². The third kappa shape index (κ3) is 5.25. The Balaban J connectivity index is 1.44. The van der Waals surface area contributed by atoms with E-state index in [1.54, 1.807) is 0 Å². The number of ether oxygens (including phenoxy) is 3. The Bertz CT molecular complexity index is 1460. The zero-order valence-corrected chi connectivity index (χ0v) is 21.5. The monoisotopic (exact) mass is 578 g/mol. The molecule has 0 spiro atoms. The average Bonchev–Trinajstić information content (AvgIpc) is 2.93. The van der Waals surface area contributed by atoms with Crippen molar-refractivity contribution in [3.05, 3.63) is 52.2 Å². The molecule has 10 atom stereocenters. The summed E-state index contributed by atoms with van der Waals surface area (Å²) in [6.45, 7) is 0.875. The fourth-order valence-corrected chi connectivity index (χ4v) is 5.02. The maximum absolute atomic E-state index is 13.0. The van der Waals surface area contributed by atoms with Crippen molar-refractivity contribution in [1.29, 1.82) is 0 Å². The number of rotatable bonds is 5. The highest BCUT2D eigenvalue weighted by atomic mass is 16.7. The fraction of sp³-hybridized carbons (Fsp3) is 0.444. The maximum atomic E-state index is 13.0. The van der Waals surface area contributed by atoms with Crippen LogP contribution in [0.2, 0.25) is 0 Å². The minimum Gasteiger partial charge on any atom is -0.508 e. The Hall–Kier alpha value is -3.31. The van der Waals surface area contributed by atoms with Gasteiger partial charge in [-0.1, -0.05) is 0 Å². The Morgan fingerprint density at radius 2 is 1.46 bits per heavy atom. The Labute approximate surface area is 231 Å². The predicted molar refractivity (Wildman–Crippen MR) is 137 cm³/mol. The number of fused-ring (bicyclic) bond motifs is 1. The van der Waals surface area contributed by atoms with Crippen molar-refractivity contribution in [1.82, 2.24) is 0 Å². The molecule has 14 heteroatoms. The van der Waals surface area contributed by atoms with E-state index >= 15 is 0 Å². The van der Waals surface area contributed by atoms with E-state index in [0.717, 1.165) is 12.1 Å². The number of aliphatic hydroxyl groups excluding tert-OH is 6. The van der Waals surface area contributed by atoms with E-state index in [2.05, 4.69) is 0 Å². The molecular weight excluding hydrogens is 548 g/mol. The lowest BCUT2D eigenvalue weighted by atomic mass is 9.89. The van der Waals surface area contributed by atoms with Gasteiger partial charge >= 0.3 is 0 Å². The second kappa shape index (κ2) is 11.2. The van der Waals surface area contributed by atoms with Gasteiger partial charge in [0.2, 0.25) is 0 Å². The van der Waals surface area contributed by atoms with E-state index < -0.39 is 90.3 Å². The van der Waals surface area contributed by atoms with E-state index in [4.69, 9.17) is 18.6 Å². The second-order valence-electron chi connectivity index (χ2n) is 10.1. The van der Waals surface area contributed by atoms with Gasteiger partial charge in [-0.2, -0.15) is 0 Å². The van der Waals surface area contributed by atoms with E-state index in [9.17, 15) is 50.8 Å². The number of phenols is 3. The zero-order chi connectivity index (χ0) is 29.7. The number of hydrogen-bond acceptors (Lipinski definition) is 14. The first kappa shape index (κ1) is 29.2. The van der Waals surface area contributed by atoms with E-state index in [0.29, 0.717) is 5.56 Å². The molecule has 2 aliphatic heterocycles. The van der Waals surface area contributed by atoms with E-state index in [1.807, 2.05) is 0 Å². The predicted octanol–water partition coefficient (Wildman–Crippen LogP) is -1.06. The van der Waals surface area contributed by atoms with Crippen molar-refractivity contribution in [3.63, 3.8) is 0 Å². The SMILES string of the molecule is C[C@@H]1O[C@H](OC[C@@H]2O[C@H](c3c(O)cc4oc(-c5ccc(O)cc5)cc(=O)c4c3O)[C@@H](O)[C@H](O)[C@H]2O)[C@@H](O)[C@H](O)[C@H]1O. The van der Waals surface area contributed by atoms with Crippen LogP contribution in [0, 0.1) is 0 Å². The van der Waals surface area contributed by atoms with Crippen LogP contribution >= 0.6 is 0 Å². The van der Waals surface area contributed by atoms with Crippen LogP contribution < -0.4 is 5.43 Å². The first-order valence-corrected chi connectivity index (χ1v) is 12.7. The van der Waals surface area contributed by atoms with Crippen molar-refractivity contribution >= 4 is 11.0 Å². The van der Waals surface area contributed by atoms with Gasteiger partial charge in [0.25, 0.3) is 0 Å². The molecule has 1 aromatic heterocycles. The molecule has 14 nitrogen and oxygen atoms in total. The van der Waals surface area contributed by atoms with Crippen LogP contribution in [0.5, 0.6) is 17.2 Å². The summed E-state index contributed by atoms with van der Waals surface area (Å²) in [5, 5.41) is 92.8. The van der Waals surface area contributed by atoms with Crippen LogP contribution in [0.1, 0.15) is 18.6 Å². The van der Waals surface area contributed by atoms with Crippen LogP contribution in [0.15, 0.2) is 45.6 Å². The van der Waals surface area contributed by atoms with Crippen molar-refractivity contribution < 1.29 is 64.6 Å². The summed E-state index contributed by atoms with van der Waals surface area (Å²) >= 11 is 0. The standard InChI is InChI=1S/C27H30O14/c1-9-19(31)22(34)25(37)27(39-9)38-8-16-20(32)23(35)24(36)26(41-16)18-13(30)7-15-17(21(18)33)12(29)6-14(40-15)10-2-4-11(28)5-3-10/h2-7,9,16,19-20,22-28,30-37H,8H2,1H3/t9-,16-,19-,20-,22+,23+,24-,25-,26+,27-/m0/s1. The van der Waals surface area contributed by atoms with Crippen LogP contribution in [-0.4, -0.2) is 108 Å². The van der Waals surface area contributed by atoms with Crippen molar-refractivity contribution in [2.24, 2.45) is 0 Å². The molecule has 0 radical (unpaired) electrons. The normalized spacial score (nSPS) is 34.1. The minimum atomic E-state index is -1.88. The summed E-state index contributed by atoms with van der Waals surface area (Å²) in [6, 6.07) is 7.86. The van der Waals surface area contributed by atoms with Gasteiger partial charge < -0.3 is 64.6 Å². The quantitative estimate of drug-likeness (QED) is 0.175. The summed E-state index contributed by atoms with van der Waals surface area (Å²) in [7, 11) is 0. The first-order chi connectivity index (χ1) is 19.4. The van der Waals surface area contributed by atoms with Gasteiger partial charge in [-0.3, -0.25) is 4.79 Å². The topological polar surface area (TPSA) is 240 Å². The van der Waals surface area contributed by atoms with Gasteiger partial charge in [-0.25, -0.2) is 0 Å². The third-order valence-corrected chi connectivity index (χ3v) is 7.39. The largest absolute Gasteiger partial charge is 0.508 e. The average molecular weight is 579 g/mol. The first-order valence-electron chi connectivity index (χ1n) is 12.7. The van der Waals surface area contributed by atoms with Crippen molar-refractivity contribution in [2.45, 2.75) is 68.1 Å². The molecule has 3 aromatic rings. The molecule has 0 amide bonds. The molecule has 9 N–H and O–H groups in total. The summed E-state index contributed by atoms with van der Waals surface area (Å²) in [5.74, 6) is -1.38. The Morgan fingerprint density at radius 3 is 2.15 bits per heavy atom. The molecule has 2 saturated heterocycles. The zero-order valence-electron chi connectivity index (χ0n) is 21.5. The number of phenolic OH excluding ortho intramolecular Hbond substituents is 3. The van der Waals surface area contributed by atoms with E-state index in [-0.39, 0.29) is 22.5 Å². The summed E-state index contributed by atoms with van der Waals surface area (Å²) < 4.78 is 22.2. The highest BCUT2D eigenvalue weighted by Gasteiger charge is 2.48. The molecule has 222 valence electrons. The molecule has 2 aromatic carbocycles. The summed E-state index contributed by atoms with van der Waals surface area (Å²) in [4.78, 5) is 13.0. The number of hydrogen-bond donors (Lipinski definition) is 9. The third-order valence-electron chi connectivity index (χ3n) is 7.39. The fourth-order valence-electron chi connectivity index (χ4n) is 5.02. The lowest BCUT2D eigenvalue weighted by Crippen LogP contribution is -2.59. The molecule has 0 unspecified atom stereocenters. The molecule has 3 heterocycles. The van der Waals surface area contributed by atoms with Crippen LogP contribution in [0.25, 0.3) is 22.3 Å². The smallest absolute Gasteiger partial charge is 0.197 e. The molecule has 0 aliphatic carbocycles. The van der Waals surface area contributed by atoms with Gasteiger partial charge in [-0.05, 0) is 31.2 Å². The minimum absolute atomic E-state index is 0.00717.